The normalized spacial score (nSPS) is 17.9. The number of rotatable bonds is 2. The van der Waals surface area contributed by atoms with Gasteiger partial charge in [0.1, 0.15) is 6.61 Å². The van der Waals surface area contributed by atoms with Crippen LogP contribution in [0.3, 0.4) is 0 Å². The molecule has 4 heteroatoms. The smallest absolute Gasteiger partial charge is 0.410 e. The number of carbonyl (C=O) groups is 2. The Hall–Kier alpha value is -1.84. The van der Waals surface area contributed by atoms with Crippen LogP contribution in [0.5, 0.6) is 0 Å². The fourth-order valence-electron chi connectivity index (χ4n) is 2.13. The van der Waals surface area contributed by atoms with Crippen LogP contribution in [-0.2, 0) is 16.1 Å². The zero-order valence-electron chi connectivity index (χ0n) is 10.7. The Balaban J connectivity index is 1.95. The molecule has 0 aliphatic carbocycles. The lowest BCUT2D eigenvalue weighted by Gasteiger charge is -2.29. The summed E-state index contributed by atoms with van der Waals surface area (Å²) in [5.41, 5.74) is 0.499. The number of likely N-dealkylation sites (tertiary alicyclic amines) is 1. The van der Waals surface area contributed by atoms with Crippen LogP contribution < -0.4 is 0 Å². The van der Waals surface area contributed by atoms with E-state index >= 15 is 0 Å². The number of Topliss-reactive ketones (excluding diaryl/α,β-unsaturated/α-hetero) is 1. The minimum absolute atomic E-state index is 0.0802. The Morgan fingerprint density at radius 3 is 2.56 bits per heavy atom. The van der Waals surface area contributed by atoms with Gasteiger partial charge in [0.2, 0.25) is 0 Å². The summed E-state index contributed by atoms with van der Waals surface area (Å²) in [6, 6.07) is 9.49. The van der Waals surface area contributed by atoms with E-state index in [1.54, 1.807) is 0 Å². The molecular weight excluding hydrogens is 230 g/mol. The van der Waals surface area contributed by atoms with Gasteiger partial charge in [-0.05, 0) is 19.4 Å². The second-order valence-corrected chi connectivity index (χ2v) is 5.15. The molecule has 1 saturated heterocycles. The third-order valence-corrected chi connectivity index (χ3v) is 3.12. The van der Waals surface area contributed by atoms with Crippen molar-refractivity contribution in [3.05, 3.63) is 35.9 Å². The standard InChI is InChI=1S/C14H17NO3/c1-14(2)8-12(16)9-15(14)13(17)18-10-11-6-4-3-5-7-11/h3-7H,8-10H2,1-2H3. The van der Waals surface area contributed by atoms with Crippen LogP contribution in [-0.4, -0.2) is 28.9 Å². The van der Waals surface area contributed by atoms with E-state index in [-0.39, 0.29) is 18.9 Å². The largest absolute Gasteiger partial charge is 0.445 e. The fourth-order valence-corrected chi connectivity index (χ4v) is 2.13. The molecule has 96 valence electrons. The average molecular weight is 247 g/mol. The van der Waals surface area contributed by atoms with Crippen LogP contribution in [0, 0.1) is 0 Å². The van der Waals surface area contributed by atoms with E-state index in [0.29, 0.717) is 6.42 Å². The quantitative estimate of drug-likeness (QED) is 0.806. The van der Waals surface area contributed by atoms with Gasteiger partial charge in [-0.15, -0.1) is 0 Å². The molecule has 1 aromatic rings. The molecule has 1 fully saturated rings. The third kappa shape index (κ3) is 2.70. The zero-order chi connectivity index (χ0) is 13.2. The molecule has 0 saturated carbocycles. The number of nitrogens with zero attached hydrogens (tertiary/aromatic N) is 1. The minimum Gasteiger partial charge on any atom is -0.445 e. The van der Waals surface area contributed by atoms with Crippen molar-refractivity contribution in [2.24, 2.45) is 0 Å². The number of carbonyl (C=O) groups excluding carboxylic acids is 2. The van der Waals surface area contributed by atoms with Gasteiger partial charge in [-0.2, -0.15) is 0 Å². The first-order valence-corrected chi connectivity index (χ1v) is 5.99. The second-order valence-electron chi connectivity index (χ2n) is 5.15. The predicted octanol–water partition coefficient (Wildman–Crippen LogP) is 2.38. The molecule has 0 spiro atoms. The van der Waals surface area contributed by atoms with Crippen LogP contribution in [0.1, 0.15) is 25.8 Å². The van der Waals surface area contributed by atoms with Crippen molar-refractivity contribution in [2.45, 2.75) is 32.4 Å². The number of ketones is 1. The third-order valence-electron chi connectivity index (χ3n) is 3.12. The molecule has 1 heterocycles. The first kappa shape index (κ1) is 12.6. The minimum atomic E-state index is -0.440. The predicted molar refractivity (Wildman–Crippen MR) is 67.0 cm³/mol. The van der Waals surface area contributed by atoms with Crippen molar-refractivity contribution in [1.82, 2.24) is 4.90 Å². The Morgan fingerprint density at radius 2 is 2.00 bits per heavy atom. The molecule has 1 aliphatic heterocycles. The highest BCUT2D eigenvalue weighted by atomic mass is 16.6. The van der Waals surface area contributed by atoms with Crippen molar-refractivity contribution >= 4 is 11.9 Å². The van der Waals surface area contributed by atoms with Crippen LogP contribution >= 0.6 is 0 Å². The Labute approximate surface area is 107 Å². The molecule has 1 aromatic carbocycles. The van der Waals surface area contributed by atoms with Gasteiger partial charge in [0.15, 0.2) is 5.78 Å². The molecule has 2 rings (SSSR count). The average Bonchev–Trinajstić information content (AvgIpc) is 2.61. The lowest BCUT2D eigenvalue weighted by molar-refractivity contribution is -0.117. The van der Waals surface area contributed by atoms with Gasteiger partial charge in [0, 0.05) is 12.0 Å². The van der Waals surface area contributed by atoms with Crippen LogP contribution in [0.4, 0.5) is 4.79 Å². The molecule has 0 unspecified atom stereocenters. The summed E-state index contributed by atoms with van der Waals surface area (Å²) in [4.78, 5) is 24.8. The number of hydrogen-bond acceptors (Lipinski definition) is 3. The van der Waals surface area contributed by atoms with Gasteiger partial charge in [-0.1, -0.05) is 30.3 Å². The summed E-state index contributed by atoms with van der Waals surface area (Å²) in [6.45, 7) is 4.14. The van der Waals surface area contributed by atoms with Crippen molar-refractivity contribution in [2.75, 3.05) is 6.54 Å². The highest BCUT2D eigenvalue weighted by Gasteiger charge is 2.41. The lowest BCUT2D eigenvalue weighted by atomic mass is 10.0. The van der Waals surface area contributed by atoms with Crippen molar-refractivity contribution in [3.8, 4) is 0 Å². The van der Waals surface area contributed by atoms with Gasteiger partial charge in [0.25, 0.3) is 0 Å². The number of hydrogen-bond donors (Lipinski definition) is 0. The summed E-state index contributed by atoms with van der Waals surface area (Å²) < 4.78 is 5.23. The molecule has 1 aliphatic rings. The van der Waals surface area contributed by atoms with Gasteiger partial charge in [-0.3, -0.25) is 9.69 Å². The fraction of sp³-hybridized carbons (Fsp3) is 0.429. The zero-order valence-corrected chi connectivity index (χ0v) is 10.7. The highest BCUT2D eigenvalue weighted by molar-refractivity contribution is 5.89. The molecule has 18 heavy (non-hydrogen) atoms. The molecule has 4 nitrogen and oxygen atoms in total. The van der Waals surface area contributed by atoms with Crippen LogP contribution in [0.15, 0.2) is 30.3 Å². The van der Waals surface area contributed by atoms with E-state index in [1.807, 2.05) is 44.2 Å². The van der Waals surface area contributed by atoms with Crippen LogP contribution in [0.2, 0.25) is 0 Å². The Bertz CT molecular complexity index is 453. The molecule has 1 amide bonds. The maximum absolute atomic E-state index is 11.9. The van der Waals surface area contributed by atoms with E-state index in [1.165, 1.54) is 4.90 Å². The van der Waals surface area contributed by atoms with Gasteiger partial charge in [0.05, 0.1) is 6.54 Å². The molecule has 0 radical (unpaired) electrons. The molecule has 0 atom stereocenters. The number of ether oxygens (including phenoxy) is 1. The SMILES string of the molecule is CC1(C)CC(=O)CN1C(=O)OCc1ccccc1. The van der Waals surface area contributed by atoms with E-state index in [0.717, 1.165) is 5.56 Å². The van der Waals surface area contributed by atoms with E-state index in [2.05, 4.69) is 0 Å². The van der Waals surface area contributed by atoms with Crippen molar-refractivity contribution in [3.63, 3.8) is 0 Å². The summed E-state index contributed by atoms with van der Waals surface area (Å²) in [5.74, 6) is 0.0802. The highest BCUT2D eigenvalue weighted by Crippen LogP contribution is 2.26. The monoisotopic (exact) mass is 247 g/mol. The summed E-state index contributed by atoms with van der Waals surface area (Å²) in [6.07, 6.45) is -0.0253. The van der Waals surface area contributed by atoms with Gasteiger partial charge >= 0.3 is 6.09 Å². The summed E-state index contributed by atoms with van der Waals surface area (Å²) in [5, 5.41) is 0. The van der Waals surface area contributed by atoms with Gasteiger partial charge in [-0.25, -0.2) is 4.79 Å². The topological polar surface area (TPSA) is 46.6 Å². The van der Waals surface area contributed by atoms with Crippen LogP contribution in [0.25, 0.3) is 0 Å². The summed E-state index contributed by atoms with van der Waals surface area (Å²) >= 11 is 0. The Morgan fingerprint density at radius 1 is 1.33 bits per heavy atom. The first-order valence-electron chi connectivity index (χ1n) is 5.99. The summed E-state index contributed by atoms with van der Waals surface area (Å²) in [7, 11) is 0. The molecule has 0 bridgehead atoms. The van der Waals surface area contributed by atoms with Crippen molar-refractivity contribution < 1.29 is 14.3 Å². The lowest BCUT2D eigenvalue weighted by Crippen LogP contribution is -2.42. The molecule has 0 N–H and O–H groups in total. The maximum atomic E-state index is 11.9. The first-order chi connectivity index (χ1) is 8.49. The van der Waals surface area contributed by atoms with E-state index < -0.39 is 11.6 Å². The van der Waals surface area contributed by atoms with Crippen molar-refractivity contribution in [1.29, 1.82) is 0 Å². The van der Waals surface area contributed by atoms with E-state index in [9.17, 15) is 9.59 Å². The maximum Gasteiger partial charge on any atom is 0.410 e. The van der Waals surface area contributed by atoms with Gasteiger partial charge < -0.3 is 4.74 Å². The number of amides is 1. The Kier molecular flexibility index (Phi) is 3.36. The second kappa shape index (κ2) is 4.80. The molecule has 0 aromatic heterocycles. The van der Waals surface area contributed by atoms with E-state index in [4.69, 9.17) is 4.74 Å². The number of benzene rings is 1. The molecular formula is C14H17NO3.